The van der Waals surface area contributed by atoms with Gasteiger partial charge in [0.1, 0.15) is 0 Å². The maximum atomic E-state index is 6.98. The molecule has 0 amide bonds. The molecule has 1 heterocycles. The molecule has 0 aliphatic carbocycles. The molecule has 0 aromatic carbocycles. The number of rotatable bonds is 2. The molecule has 0 aromatic rings. The molecule has 0 bridgehead atoms. The van der Waals surface area contributed by atoms with Crippen LogP contribution in [0.15, 0.2) is 0 Å². The van der Waals surface area contributed by atoms with Crippen molar-refractivity contribution in [2.24, 2.45) is 0 Å². The van der Waals surface area contributed by atoms with Crippen molar-refractivity contribution in [3.63, 3.8) is 0 Å². The number of nitrogens with one attached hydrogen (secondary N) is 2. The first-order valence-corrected chi connectivity index (χ1v) is 3.51. The van der Waals surface area contributed by atoms with Gasteiger partial charge in [0.05, 0.1) is 0 Å². The maximum absolute atomic E-state index is 6.98. The maximum Gasteiger partial charge on any atom is 1.00 e. The van der Waals surface area contributed by atoms with E-state index in [1.54, 1.807) is 0 Å². The standard InChI is InChI=1S/C6H14N3.Cu/c7-1-4-9-5-2-8-3-6-9;/h7-8H,1-6H2;/q-1;+1. The van der Waals surface area contributed by atoms with Crippen molar-refractivity contribution in [1.82, 2.24) is 10.2 Å². The Morgan fingerprint density at radius 2 is 1.90 bits per heavy atom. The van der Waals surface area contributed by atoms with Gasteiger partial charge in [0, 0.05) is 26.2 Å². The Morgan fingerprint density at radius 1 is 1.30 bits per heavy atom. The van der Waals surface area contributed by atoms with Crippen molar-refractivity contribution >= 4 is 0 Å². The van der Waals surface area contributed by atoms with Gasteiger partial charge in [-0.2, -0.15) is 0 Å². The van der Waals surface area contributed by atoms with Gasteiger partial charge in [-0.1, -0.05) is 0 Å². The van der Waals surface area contributed by atoms with Crippen LogP contribution in [-0.2, 0) is 17.1 Å². The largest absolute Gasteiger partial charge is 1.00 e. The van der Waals surface area contributed by atoms with E-state index in [-0.39, 0.29) is 17.1 Å². The van der Waals surface area contributed by atoms with E-state index in [2.05, 4.69) is 10.2 Å². The van der Waals surface area contributed by atoms with E-state index in [1.807, 2.05) is 0 Å². The van der Waals surface area contributed by atoms with Crippen molar-refractivity contribution < 1.29 is 17.1 Å². The number of hydrogen-bond donors (Lipinski definition) is 1. The van der Waals surface area contributed by atoms with Crippen molar-refractivity contribution in [1.29, 1.82) is 0 Å². The third-order valence-corrected chi connectivity index (χ3v) is 1.64. The van der Waals surface area contributed by atoms with E-state index in [9.17, 15) is 0 Å². The first kappa shape index (κ1) is 10.4. The second kappa shape index (κ2) is 6.13. The predicted molar refractivity (Wildman–Crippen MR) is 38.5 cm³/mol. The first-order chi connectivity index (χ1) is 4.43. The van der Waals surface area contributed by atoms with Crippen molar-refractivity contribution in [2.75, 3.05) is 39.3 Å². The molecule has 0 spiro atoms. The molecule has 10 heavy (non-hydrogen) atoms. The molecule has 1 aliphatic rings. The molecule has 64 valence electrons. The third kappa shape index (κ3) is 3.54. The SMILES string of the molecule is [Cu+].[NH-]CCN1CCNCC1. The van der Waals surface area contributed by atoms with Gasteiger partial charge in [-0.3, -0.25) is 0 Å². The third-order valence-electron chi connectivity index (χ3n) is 1.64. The van der Waals surface area contributed by atoms with E-state index in [4.69, 9.17) is 5.73 Å². The summed E-state index contributed by atoms with van der Waals surface area (Å²) in [6.45, 7) is 5.93. The minimum Gasteiger partial charge on any atom is -0.676 e. The monoisotopic (exact) mass is 191 g/mol. The Labute approximate surface area is 72.8 Å². The molecule has 1 rings (SSSR count). The van der Waals surface area contributed by atoms with Gasteiger partial charge in [-0.05, 0) is 6.54 Å². The van der Waals surface area contributed by atoms with Crippen LogP contribution in [0.1, 0.15) is 0 Å². The van der Waals surface area contributed by atoms with E-state index < -0.39 is 0 Å². The molecular weight excluding hydrogens is 178 g/mol. The Kier molecular flexibility index (Phi) is 6.38. The van der Waals surface area contributed by atoms with Gasteiger partial charge in [0.15, 0.2) is 0 Å². The van der Waals surface area contributed by atoms with Crippen LogP contribution in [0.5, 0.6) is 0 Å². The predicted octanol–water partition coefficient (Wildman–Crippen LogP) is -0.0587. The average Bonchev–Trinajstić information content (AvgIpc) is 1.91. The fourth-order valence-corrected chi connectivity index (χ4v) is 1.09. The average molecular weight is 192 g/mol. The molecule has 2 N–H and O–H groups in total. The Balaban J connectivity index is 0.000000810. The van der Waals surface area contributed by atoms with E-state index >= 15 is 0 Å². The summed E-state index contributed by atoms with van der Waals surface area (Å²) in [5.74, 6) is 0. The normalized spacial score (nSPS) is 20.1. The van der Waals surface area contributed by atoms with Gasteiger partial charge >= 0.3 is 17.1 Å². The van der Waals surface area contributed by atoms with Crippen LogP contribution >= 0.6 is 0 Å². The van der Waals surface area contributed by atoms with E-state index in [1.165, 1.54) is 0 Å². The zero-order valence-corrected chi connectivity index (χ0v) is 6.93. The second-order valence-electron chi connectivity index (χ2n) is 2.34. The van der Waals surface area contributed by atoms with Gasteiger partial charge < -0.3 is 16.0 Å². The topological polar surface area (TPSA) is 39.1 Å². The second-order valence-corrected chi connectivity index (χ2v) is 2.34. The summed E-state index contributed by atoms with van der Waals surface area (Å²) < 4.78 is 0. The molecule has 0 atom stereocenters. The van der Waals surface area contributed by atoms with Crippen LogP contribution in [0.3, 0.4) is 0 Å². The van der Waals surface area contributed by atoms with Crippen LogP contribution in [-0.4, -0.2) is 44.2 Å². The molecule has 0 saturated carbocycles. The summed E-state index contributed by atoms with van der Waals surface area (Å²) in [6.07, 6.45) is 0. The van der Waals surface area contributed by atoms with Crippen LogP contribution in [0.25, 0.3) is 5.73 Å². The fourth-order valence-electron chi connectivity index (χ4n) is 1.09. The summed E-state index contributed by atoms with van der Waals surface area (Å²) >= 11 is 0. The Morgan fingerprint density at radius 3 is 2.40 bits per heavy atom. The smallest absolute Gasteiger partial charge is 0.676 e. The van der Waals surface area contributed by atoms with Crippen molar-refractivity contribution in [3.8, 4) is 0 Å². The first-order valence-electron chi connectivity index (χ1n) is 3.51. The van der Waals surface area contributed by atoms with Crippen LogP contribution in [0.4, 0.5) is 0 Å². The van der Waals surface area contributed by atoms with E-state index in [0.717, 1.165) is 32.7 Å². The summed E-state index contributed by atoms with van der Waals surface area (Å²) in [5.41, 5.74) is 6.98. The zero-order chi connectivity index (χ0) is 6.53. The number of hydrogen-bond acceptors (Lipinski definition) is 2. The Hall–Kier alpha value is 0.399. The minimum absolute atomic E-state index is 0. The molecule has 4 heteroatoms. The minimum atomic E-state index is 0. The molecule has 3 nitrogen and oxygen atoms in total. The molecular formula is C6H14CuN3. The fraction of sp³-hybridized carbons (Fsp3) is 1.00. The molecule has 1 aliphatic heterocycles. The van der Waals surface area contributed by atoms with Gasteiger partial charge in [-0.25, -0.2) is 0 Å². The summed E-state index contributed by atoms with van der Waals surface area (Å²) in [4.78, 5) is 2.32. The zero-order valence-electron chi connectivity index (χ0n) is 5.99. The molecule has 0 unspecified atom stereocenters. The number of piperazine rings is 1. The van der Waals surface area contributed by atoms with Crippen LogP contribution in [0.2, 0.25) is 0 Å². The summed E-state index contributed by atoms with van der Waals surface area (Å²) in [5, 5.41) is 3.27. The molecule has 0 aromatic heterocycles. The van der Waals surface area contributed by atoms with Crippen molar-refractivity contribution in [2.45, 2.75) is 0 Å². The summed E-state index contributed by atoms with van der Waals surface area (Å²) in [6, 6.07) is 0. The molecule has 1 saturated heterocycles. The quantitative estimate of drug-likeness (QED) is 0.622. The van der Waals surface area contributed by atoms with Gasteiger partial charge in [0.25, 0.3) is 0 Å². The van der Waals surface area contributed by atoms with Crippen molar-refractivity contribution in [3.05, 3.63) is 5.73 Å². The molecule has 1 fully saturated rings. The van der Waals surface area contributed by atoms with Crippen LogP contribution in [0, 0.1) is 0 Å². The Bertz CT molecular complexity index is 70.6. The van der Waals surface area contributed by atoms with Gasteiger partial charge in [0.2, 0.25) is 0 Å². The van der Waals surface area contributed by atoms with Crippen LogP contribution < -0.4 is 5.32 Å². The molecule has 0 radical (unpaired) electrons. The number of nitrogens with zero attached hydrogens (tertiary/aromatic N) is 1. The summed E-state index contributed by atoms with van der Waals surface area (Å²) in [7, 11) is 0. The van der Waals surface area contributed by atoms with Gasteiger partial charge in [-0.15, -0.1) is 6.54 Å². The van der Waals surface area contributed by atoms with E-state index in [0.29, 0.717) is 6.54 Å².